The van der Waals surface area contributed by atoms with Gasteiger partial charge in [0.25, 0.3) is 0 Å². The van der Waals surface area contributed by atoms with Crippen LogP contribution in [0.2, 0.25) is 0 Å². The second kappa shape index (κ2) is 8.17. The lowest BCUT2D eigenvalue weighted by Gasteiger charge is -2.39. The largest absolute Gasteiger partial charge is 0.325 e. The number of anilines is 1. The van der Waals surface area contributed by atoms with Gasteiger partial charge in [-0.2, -0.15) is 0 Å². The molecule has 0 aromatic heterocycles. The van der Waals surface area contributed by atoms with Gasteiger partial charge in [0, 0.05) is 38.4 Å². The molecule has 2 aliphatic heterocycles. The third-order valence-corrected chi connectivity index (χ3v) is 5.46. The van der Waals surface area contributed by atoms with Gasteiger partial charge in [-0.25, -0.2) is 9.18 Å². The third-order valence-electron chi connectivity index (χ3n) is 5.46. The van der Waals surface area contributed by atoms with Crippen LogP contribution in [0.25, 0.3) is 0 Å². The van der Waals surface area contributed by atoms with Crippen molar-refractivity contribution >= 4 is 11.7 Å². The van der Waals surface area contributed by atoms with Crippen molar-refractivity contribution in [2.45, 2.75) is 33.1 Å². The molecule has 0 unspecified atom stereocenters. The van der Waals surface area contributed by atoms with Gasteiger partial charge < -0.3 is 15.1 Å². The highest BCUT2D eigenvalue weighted by atomic mass is 19.1. The minimum Gasteiger partial charge on any atom is -0.325 e. The second-order valence-corrected chi connectivity index (χ2v) is 8.03. The summed E-state index contributed by atoms with van der Waals surface area (Å²) in [4.78, 5) is 16.8. The minimum atomic E-state index is -0.292. The first-order chi connectivity index (χ1) is 12.0. The molecule has 5 heteroatoms. The summed E-state index contributed by atoms with van der Waals surface area (Å²) < 4.78 is 12.9. The molecule has 2 heterocycles. The number of rotatable bonds is 3. The maximum absolute atomic E-state index is 12.9. The summed E-state index contributed by atoms with van der Waals surface area (Å²) in [6.07, 6.45) is 3.48. The number of carbonyl (C=O) groups is 1. The summed E-state index contributed by atoms with van der Waals surface area (Å²) in [5.74, 6) is 1.99. The van der Waals surface area contributed by atoms with E-state index in [1.54, 1.807) is 12.1 Å². The Morgan fingerprint density at radius 3 is 2.32 bits per heavy atom. The first-order valence-electron chi connectivity index (χ1n) is 9.53. The number of piperidine rings is 2. The van der Waals surface area contributed by atoms with E-state index in [0.29, 0.717) is 11.6 Å². The summed E-state index contributed by atoms with van der Waals surface area (Å²) in [5.41, 5.74) is 0.643. The average Bonchev–Trinajstić information content (AvgIpc) is 2.56. The number of carbonyl (C=O) groups excluding carboxylic acids is 1. The molecule has 2 saturated heterocycles. The van der Waals surface area contributed by atoms with Gasteiger partial charge in [0.2, 0.25) is 0 Å². The molecule has 2 amide bonds. The third kappa shape index (κ3) is 5.18. The van der Waals surface area contributed by atoms with Crippen LogP contribution in [-0.4, -0.2) is 48.6 Å². The molecular weight excluding hydrogens is 317 g/mol. The van der Waals surface area contributed by atoms with Crippen molar-refractivity contribution in [1.29, 1.82) is 0 Å². The lowest BCUT2D eigenvalue weighted by molar-refractivity contribution is 0.101. The molecule has 4 nitrogen and oxygen atoms in total. The summed E-state index contributed by atoms with van der Waals surface area (Å²) in [5, 5.41) is 2.86. The molecule has 0 saturated carbocycles. The highest BCUT2D eigenvalue weighted by Crippen LogP contribution is 2.25. The Labute approximate surface area is 150 Å². The number of benzene rings is 1. The second-order valence-electron chi connectivity index (χ2n) is 8.03. The Balaban J connectivity index is 1.43. The van der Waals surface area contributed by atoms with E-state index in [0.717, 1.165) is 37.8 Å². The fourth-order valence-electron chi connectivity index (χ4n) is 4.36. The number of urea groups is 1. The topological polar surface area (TPSA) is 35.6 Å². The van der Waals surface area contributed by atoms with E-state index in [-0.39, 0.29) is 11.8 Å². The SMILES string of the molecule is C[C@H]1C[C@H](C)CN(CC2CCN(C(=O)Nc3ccc(F)cc3)CC2)C1. The Hall–Kier alpha value is -1.62. The zero-order valence-electron chi connectivity index (χ0n) is 15.4. The number of hydrogen-bond acceptors (Lipinski definition) is 2. The number of halogens is 1. The van der Waals surface area contributed by atoms with Crippen molar-refractivity contribution in [2.24, 2.45) is 17.8 Å². The Kier molecular flexibility index (Phi) is 5.94. The molecule has 2 aliphatic rings. The predicted molar refractivity (Wildman–Crippen MR) is 99.1 cm³/mol. The minimum absolute atomic E-state index is 0.0784. The highest BCUT2D eigenvalue weighted by molar-refractivity contribution is 5.89. The first kappa shape index (κ1) is 18.2. The van der Waals surface area contributed by atoms with Crippen LogP contribution in [0.5, 0.6) is 0 Å². The lowest BCUT2D eigenvalue weighted by atomic mass is 9.89. The van der Waals surface area contributed by atoms with Crippen molar-refractivity contribution in [2.75, 3.05) is 38.0 Å². The molecule has 0 radical (unpaired) electrons. The van der Waals surface area contributed by atoms with Gasteiger partial charge in [0.15, 0.2) is 0 Å². The molecule has 1 aromatic carbocycles. The fraction of sp³-hybridized carbons (Fsp3) is 0.650. The van der Waals surface area contributed by atoms with Gasteiger partial charge in [0.1, 0.15) is 5.82 Å². The maximum Gasteiger partial charge on any atom is 0.321 e. The molecule has 0 spiro atoms. The number of nitrogens with zero attached hydrogens (tertiary/aromatic N) is 2. The molecular formula is C20H30FN3O. The van der Waals surface area contributed by atoms with Gasteiger partial charge in [-0.05, 0) is 61.3 Å². The van der Waals surface area contributed by atoms with E-state index in [1.165, 1.54) is 38.2 Å². The normalized spacial score (nSPS) is 25.8. The maximum atomic E-state index is 12.9. The van der Waals surface area contributed by atoms with Gasteiger partial charge >= 0.3 is 6.03 Å². The van der Waals surface area contributed by atoms with Crippen LogP contribution in [0.15, 0.2) is 24.3 Å². The fourth-order valence-corrected chi connectivity index (χ4v) is 4.36. The highest BCUT2D eigenvalue weighted by Gasteiger charge is 2.27. The van der Waals surface area contributed by atoms with Crippen LogP contribution >= 0.6 is 0 Å². The summed E-state index contributed by atoms with van der Waals surface area (Å²) in [6, 6.07) is 5.84. The molecule has 1 N–H and O–H groups in total. The van der Waals surface area contributed by atoms with Gasteiger partial charge in [0.05, 0.1) is 0 Å². The Morgan fingerprint density at radius 2 is 1.72 bits per heavy atom. The van der Waals surface area contributed by atoms with Crippen LogP contribution in [-0.2, 0) is 0 Å². The van der Waals surface area contributed by atoms with E-state index in [9.17, 15) is 9.18 Å². The summed E-state index contributed by atoms with van der Waals surface area (Å²) in [7, 11) is 0. The van der Waals surface area contributed by atoms with Crippen molar-refractivity contribution in [3.63, 3.8) is 0 Å². The summed E-state index contributed by atoms with van der Waals surface area (Å²) in [6.45, 7) is 9.91. The molecule has 3 rings (SSSR count). The Morgan fingerprint density at radius 1 is 1.12 bits per heavy atom. The molecule has 138 valence electrons. The Bertz CT molecular complexity index is 559. The molecule has 25 heavy (non-hydrogen) atoms. The molecule has 0 aliphatic carbocycles. The van der Waals surface area contributed by atoms with E-state index in [2.05, 4.69) is 24.1 Å². The summed E-state index contributed by atoms with van der Waals surface area (Å²) >= 11 is 0. The van der Waals surface area contributed by atoms with Crippen LogP contribution in [0.4, 0.5) is 14.9 Å². The molecule has 2 atom stereocenters. The average molecular weight is 347 g/mol. The lowest BCUT2D eigenvalue weighted by Crippen LogP contribution is -2.46. The molecule has 2 fully saturated rings. The number of likely N-dealkylation sites (tertiary alicyclic amines) is 2. The standard InChI is InChI=1S/C20H30FN3O/c1-15-11-16(2)13-23(12-15)14-17-7-9-24(10-8-17)20(25)22-19-5-3-18(21)4-6-19/h3-6,15-17H,7-14H2,1-2H3,(H,22,25)/t15-,16-/m0/s1. The smallest absolute Gasteiger partial charge is 0.321 e. The number of amides is 2. The molecule has 0 bridgehead atoms. The van der Waals surface area contributed by atoms with Crippen LogP contribution in [0.3, 0.4) is 0 Å². The van der Waals surface area contributed by atoms with Crippen LogP contribution < -0.4 is 5.32 Å². The van der Waals surface area contributed by atoms with Gasteiger partial charge in [-0.1, -0.05) is 13.8 Å². The van der Waals surface area contributed by atoms with Crippen molar-refractivity contribution < 1.29 is 9.18 Å². The van der Waals surface area contributed by atoms with Crippen molar-refractivity contribution in [1.82, 2.24) is 9.80 Å². The van der Waals surface area contributed by atoms with E-state index in [4.69, 9.17) is 0 Å². The zero-order valence-corrected chi connectivity index (χ0v) is 15.4. The zero-order chi connectivity index (χ0) is 17.8. The van der Waals surface area contributed by atoms with E-state index in [1.807, 2.05) is 4.90 Å². The van der Waals surface area contributed by atoms with Gasteiger partial charge in [-0.3, -0.25) is 0 Å². The van der Waals surface area contributed by atoms with E-state index >= 15 is 0 Å². The van der Waals surface area contributed by atoms with E-state index < -0.39 is 0 Å². The number of hydrogen-bond donors (Lipinski definition) is 1. The van der Waals surface area contributed by atoms with Crippen molar-refractivity contribution in [3.8, 4) is 0 Å². The van der Waals surface area contributed by atoms with Crippen LogP contribution in [0, 0.1) is 23.6 Å². The monoisotopic (exact) mass is 347 g/mol. The van der Waals surface area contributed by atoms with Crippen molar-refractivity contribution in [3.05, 3.63) is 30.1 Å². The predicted octanol–water partition coefficient (Wildman–Crippen LogP) is 4.05. The first-order valence-corrected chi connectivity index (χ1v) is 9.53. The van der Waals surface area contributed by atoms with Crippen LogP contribution in [0.1, 0.15) is 33.1 Å². The number of nitrogens with one attached hydrogen (secondary N) is 1. The molecule has 1 aromatic rings. The quantitative estimate of drug-likeness (QED) is 0.895. The van der Waals surface area contributed by atoms with Gasteiger partial charge in [-0.15, -0.1) is 0 Å².